The Kier molecular flexibility index (Phi) is 2.70. The summed E-state index contributed by atoms with van der Waals surface area (Å²) in [7, 11) is 0. The van der Waals surface area contributed by atoms with Crippen LogP contribution in [0.15, 0.2) is 12.1 Å². The van der Waals surface area contributed by atoms with E-state index < -0.39 is 0 Å². The number of carbonyl (C=O) groups is 1. The van der Waals surface area contributed by atoms with E-state index in [4.69, 9.17) is 11.6 Å². The third-order valence-corrected chi connectivity index (χ3v) is 3.29. The third-order valence-electron chi connectivity index (χ3n) is 2.88. The summed E-state index contributed by atoms with van der Waals surface area (Å²) in [6.45, 7) is 5.63. The molecule has 2 rings (SSSR count). The van der Waals surface area contributed by atoms with Gasteiger partial charge in [0.15, 0.2) is 0 Å². The molecule has 80 valence electrons. The van der Waals surface area contributed by atoms with Gasteiger partial charge in [-0.25, -0.2) is 0 Å². The normalized spacial score (nSPS) is 15.0. The van der Waals surface area contributed by atoms with Crippen LogP contribution in [0, 0.1) is 13.8 Å². The molecule has 1 aliphatic heterocycles. The highest BCUT2D eigenvalue weighted by Crippen LogP contribution is 2.22. The van der Waals surface area contributed by atoms with Crippen molar-refractivity contribution >= 4 is 17.5 Å². The van der Waals surface area contributed by atoms with Crippen molar-refractivity contribution in [2.24, 2.45) is 0 Å². The van der Waals surface area contributed by atoms with Crippen molar-refractivity contribution < 1.29 is 4.79 Å². The Morgan fingerprint density at radius 3 is 2.47 bits per heavy atom. The van der Waals surface area contributed by atoms with E-state index in [1.807, 2.05) is 30.9 Å². The zero-order valence-corrected chi connectivity index (χ0v) is 9.77. The minimum absolute atomic E-state index is 0.138. The standard InChI is InChI=1S/C12H14ClNO/c1-8-7-11(13)9(2)6-10(8)12(15)14-4-3-5-14/h6-7H,3-5H2,1-2H3. The van der Waals surface area contributed by atoms with Crippen molar-refractivity contribution in [1.29, 1.82) is 0 Å². The first-order chi connectivity index (χ1) is 7.09. The fraction of sp³-hybridized carbons (Fsp3) is 0.417. The summed E-state index contributed by atoms with van der Waals surface area (Å²) in [5, 5.41) is 0.729. The van der Waals surface area contributed by atoms with E-state index in [-0.39, 0.29) is 5.91 Å². The number of amides is 1. The first-order valence-corrected chi connectivity index (χ1v) is 5.53. The van der Waals surface area contributed by atoms with Gasteiger partial charge >= 0.3 is 0 Å². The van der Waals surface area contributed by atoms with Crippen LogP contribution in [0.4, 0.5) is 0 Å². The molecule has 0 spiro atoms. The molecule has 0 saturated carbocycles. The summed E-state index contributed by atoms with van der Waals surface area (Å²) in [6.07, 6.45) is 1.12. The van der Waals surface area contributed by atoms with Crippen molar-refractivity contribution in [3.05, 3.63) is 33.8 Å². The minimum Gasteiger partial charge on any atom is -0.339 e. The van der Waals surface area contributed by atoms with Crippen LogP contribution in [0.3, 0.4) is 0 Å². The molecule has 1 amide bonds. The zero-order valence-electron chi connectivity index (χ0n) is 9.01. The highest BCUT2D eigenvalue weighted by molar-refractivity contribution is 6.31. The molecular formula is C12H14ClNO. The summed E-state index contributed by atoms with van der Waals surface area (Å²) < 4.78 is 0. The second-order valence-electron chi connectivity index (χ2n) is 4.06. The van der Waals surface area contributed by atoms with Crippen molar-refractivity contribution in [2.75, 3.05) is 13.1 Å². The molecule has 0 atom stereocenters. The molecule has 0 radical (unpaired) electrons. The summed E-state index contributed by atoms with van der Waals surface area (Å²) in [4.78, 5) is 13.9. The number of halogens is 1. The third kappa shape index (κ3) is 1.86. The number of hydrogen-bond acceptors (Lipinski definition) is 1. The molecule has 1 fully saturated rings. The molecule has 1 aromatic rings. The monoisotopic (exact) mass is 223 g/mol. The molecular weight excluding hydrogens is 210 g/mol. The average Bonchev–Trinajstić information content (AvgIpc) is 2.08. The number of nitrogens with zero attached hydrogens (tertiary/aromatic N) is 1. The maximum atomic E-state index is 12.0. The van der Waals surface area contributed by atoms with Gasteiger partial charge in [-0.2, -0.15) is 0 Å². The van der Waals surface area contributed by atoms with Crippen LogP contribution < -0.4 is 0 Å². The highest BCUT2D eigenvalue weighted by Gasteiger charge is 2.23. The predicted octanol–water partition coefficient (Wildman–Crippen LogP) is 2.80. The van der Waals surface area contributed by atoms with Crippen molar-refractivity contribution in [3.8, 4) is 0 Å². The van der Waals surface area contributed by atoms with Crippen LogP contribution in [0.25, 0.3) is 0 Å². The van der Waals surface area contributed by atoms with Crippen LogP contribution in [0.1, 0.15) is 27.9 Å². The SMILES string of the molecule is Cc1cc(C(=O)N2CCC2)c(C)cc1Cl. The van der Waals surface area contributed by atoms with Crippen molar-refractivity contribution in [1.82, 2.24) is 4.90 Å². The number of hydrogen-bond donors (Lipinski definition) is 0. The Balaban J connectivity index is 2.34. The summed E-state index contributed by atoms with van der Waals surface area (Å²) in [5.41, 5.74) is 2.71. The Labute approximate surface area is 94.8 Å². The van der Waals surface area contributed by atoms with Gasteiger partial charge in [0.1, 0.15) is 0 Å². The molecule has 0 aromatic heterocycles. The van der Waals surface area contributed by atoms with Gasteiger partial charge in [-0.3, -0.25) is 4.79 Å². The summed E-state index contributed by atoms with van der Waals surface area (Å²) in [6, 6.07) is 3.75. The number of benzene rings is 1. The number of carbonyl (C=O) groups excluding carboxylic acids is 1. The maximum Gasteiger partial charge on any atom is 0.254 e. The van der Waals surface area contributed by atoms with Gasteiger partial charge < -0.3 is 4.90 Å². The lowest BCUT2D eigenvalue weighted by Crippen LogP contribution is -2.42. The molecule has 0 aliphatic carbocycles. The fourth-order valence-electron chi connectivity index (χ4n) is 1.70. The molecule has 1 heterocycles. The Bertz CT molecular complexity index is 410. The van der Waals surface area contributed by atoms with Crippen molar-refractivity contribution in [3.63, 3.8) is 0 Å². The topological polar surface area (TPSA) is 20.3 Å². The molecule has 2 nitrogen and oxygen atoms in total. The van der Waals surface area contributed by atoms with Crippen LogP contribution >= 0.6 is 11.6 Å². The molecule has 0 bridgehead atoms. The zero-order chi connectivity index (χ0) is 11.0. The first-order valence-electron chi connectivity index (χ1n) is 5.15. The summed E-state index contributed by atoms with van der Waals surface area (Å²) >= 11 is 5.99. The highest BCUT2D eigenvalue weighted by atomic mass is 35.5. The lowest BCUT2D eigenvalue weighted by Gasteiger charge is -2.31. The lowest BCUT2D eigenvalue weighted by atomic mass is 10.0. The van der Waals surface area contributed by atoms with Gasteiger partial charge in [-0.15, -0.1) is 0 Å². The van der Waals surface area contributed by atoms with E-state index in [0.717, 1.165) is 41.2 Å². The Hall–Kier alpha value is -1.02. The first kappa shape index (κ1) is 10.5. The van der Waals surface area contributed by atoms with Crippen LogP contribution in [0.5, 0.6) is 0 Å². The second-order valence-corrected chi connectivity index (χ2v) is 4.47. The van der Waals surface area contributed by atoms with Gasteiger partial charge in [0.05, 0.1) is 0 Å². The van der Waals surface area contributed by atoms with Gasteiger partial charge in [0.2, 0.25) is 0 Å². The average molecular weight is 224 g/mol. The molecule has 15 heavy (non-hydrogen) atoms. The Morgan fingerprint density at radius 2 is 1.93 bits per heavy atom. The Morgan fingerprint density at radius 1 is 1.27 bits per heavy atom. The van der Waals surface area contributed by atoms with E-state index in [1.165, 1.54) is 0 Å². The summed E-state index contributed by atoms with van der Waals surface area (Å²) in [5.74, 6) is 0.138. The number of likely N-dealkylation sites (tertiary alicyclic amines) is 1. The van der Waals surface area contributed by atoms with E-state index in [0.29, 0.717) is 0 Å². The smallest absolute Gasteiger partial charge is 0.254 e. The van der Waals surface area contributed by atoms with E-state index >= 15 is 0 Å². The molecule has 1 aromatic carbocycles. The van der Waals surface area contributed by atoms with Crippen LogP contribution in [-0.4, -0.2) is 23.9 Å². The number of rotatable bonds is 1. The van der Waals surface area contributed by atoms with Crippen LogP contribution in [-0.2, 0) is 0 Å². The van der Waals surface area contributed by atoms with E-state index in [2.05, 4.69) is 0 Å². The van der Waals surface area contributed by atoms with Gasteiger partial charge in [0, 0.05) is 23.7 Å². The van der Waals surface area contributed by atoms with E-state index in [9.17, 15) is 4.79 Å². The lowest BCUT2D eigenvalue weighted by molar-refractivity contribution is 0.0651. The van der Waals surface area contributed by atoms with Gasteiger partial charge in [-0.1, -0.05) is 11.6 Å². The molecule has 1 aliphatic rings. The largest absolute Gasteiger partial charge is 0.339 e. The van der Waals surface area contributed by atoms with Crippen molar-refractivity contribution in [2.45, 2.75) is 20.3 Å². The second kappa shape index (κ2) is 3.86. The minimum atomic E-state index is 0.138. The van der Waals surface area contributed by atoms with Gasteiger partial charge in [0.25, 0.3) is 5.91 Å². The molecule has 0 N–H and O–H groups in total. The van der Waals surface area contributed by atoms with Gasteiger partial charge in [-0.05, 0) is 43.5 Å². The maximum absolute atomic E-state index is 12.0. The van der Waals surface area contributed by atoms with Crippen LogP contribution in [0.2, 0.25) is 5.02 Å². The molecule has 0 unspecified atom stereocenters. The molecule has 1 saturated heterocycles. The fourth-order valence-corrected chi connectivity index (χ4v) is 1.92. The predicted molar refractivity (Wildman–Crippen MR) is 61.4 cm³/mol. The number of aryl methyl sites for hydroxylation is 2. The van der Waals surface area contributed by atoms with E-state index in [1.54, 1.807) is 0 Å². The molecule has 3 heteroatoms. The quantitative estimate of drug-likeness (QED) is 0.717.